The van der Waals surface area contributed by atoms with Gasteiger partial charge in [0.05, 0.1) is 12.6 Å². The van der Waals surface area contributed by atoms with Crippen LogP contribution in [0.25, 0.3) is 0 Å². The minimum atomic E-state index is -0.472. The molecule has 0 aliphatic rings. The Labute approximate surface area is 115 Å². The van der Waals surface area contributed by atoms with E-state index in [0.29, 0.717) is 6.61 Å². The summed E-state index contributed by atoms with van der Waals surface area (Å²) in [5, 5.41) is 2.91. The number of carbonyl (C=O) groups excluding carboxylic acids is 1. The van der Waals surface area contributed by atoms with Crippen LogP contribution in [-0.2, 0) is 16.0 Å². The van der Waals surface area contributed by atoms with Crippen molar-refractivity contribution in [2.45, 2.75) is 32.7 Å². The van der Waals surface area contributed by atoms with Crippen molar-refractivity contribution in [2.75, 3.05) is 19.0 Å². The van der Waals surface area contributed by atoms with E-state index >= 15 is 0 Å². The summed E-state index contributed by atoms with van der Waals surface area (Å²) in [6, 6.07) is 7.27. The smallest absolute Gasteiger partial charge is 0.241 e. The van der Waals surface area contributed by atoms with Crippen LogP contribution >= 0.6 is 0 Å². The molecule has 0 aliphatic carbocycles. The highest BCUT2D eigenvalue weighted by atomic mass is 16.5. The summed E-state index contributed by atoms with van der Waals surface area (Å²) in [4.78, 5) is 12.1. The average Bonchev–Trinajstić information content (AvgIpc) is 2.44. The zero-order valence-electron chi connectivity index (χ0n) is 12.0. The summed E-state index contributed by atoms with van der Waals surface area (Å²) in [7, 11) is 1.67. The molecule has 1 rings (SSSR count). The molecule has 4 nitrogen and oxygen atoms in total. The lowest BCUT2D eigenvalue weighted by atomic mass is 9.99. The fourth-order valence-electron chi connectivity index (χ4n) is 1.80. The highest BCUT2D eigenvalue weighted by Crippen LogP contribution is 2.17. The van der Waals surface area contributed by atoms with Gasteiger partial charge < -0.3 is 15.8 Å². The first-order chi connectivity index (χ1) is 9.10. The van der Waals surface area contributed by atoms with E-state index in [1.54, 1.807) is 7.11 Å². The second kappa shape index (κ2) is 7.92. The minimum absolute atomic E-state index is 0.126. The Balaban J connectivity index is 2.73. The van der Waals surface area contributed by atoms with Crippen LogP contribution in [-0.4, -0.2) is 25.7 Å². The van der Waals surface area contributed by atoms with Gasteiger partial charge in [0.2, 0.25) is 5.91 Å². The summed E-state index contributed by atoms with van der Waals surface area (Å²) in [6.07, 6.45) is 1.66. The molecule has 0 saturated heterocycles. The van der Waals surface area contributed by atoms with Crippen LogP contribution in [0, 0.1) is 5.92 Å². The second-order valence-corrected chi connectivity index (χ2v) is 4.80. The summed E-state index contributed by atoms with van der Waals surface area (Å²) < 4.78 is 5.07. The van der Waals surface area contributed by atoms with Gasteiger partial charge in [0.1, 0.15) is 0 Å². The number of hydrogen-bond donors (Lipinski definition) is 2. The molecule has 106 valence electrons. The predicted molar refractivity (Wildman–Crippen MR) is 78.1 cm³/mol. The number of carbonyl (C=O) groups is 1. The number of methoxy groups -OCH3 is 1. The van der Waals surface area contributed by atoms with Crippen molar-refractivity contribution in [3.63, 3.8) is 0 Å². The van der Waals surface area contributed by atoms with Crippen molar-refractivity contribution in [1.82, 2.24) is 0 Å². The van der Waals surface area contributed by atoms with Gasteiger partial charge in [-0.2, -0.15) is 0 Å². The third-order valence-electron chi connectivity index (χ3n) is 3.41. The maximum absolute atomic E-state index is 12.1. The molecule has 1 aromatic carbocycles. The van der Waals surface area contributed by atoms with Crippen LogP contribution in [0.3, 0.4) is 0 Å². The Kier molecular flexibility index (Phi) is 6.53. The SMILES string of the molecule is CCC(C)[C@H](N)C(=O)Nc1ccccc1CCOC. The molecule has 1 amide bonds. The Bertz CT molecular complexity index is 407. The Morgan fingerprint density at radius 1 is 1.42 bits per heavy atom. The van der Waals surface area contributed by atoms with Gasteiger partial charge in [0.25, 0.3) is 0 Å². The first-order valence-electron chi connectivity index (χ1n) is 6.73. The van der Waals surface area contributed by atoms with Gasteiger partial charge in [-0.1, -0.05) is 38.5 Å². The average molecular weight is 264 g/mol. The number of ether oxygens (including phenoxy) is 1. The summed E-state index contributed by atoms with van der Waals surface area (Å²) in [6.45, 7) is 4.65. The van der Waals surface area contributed by atoms with Crippen LogP contribution in [0.4, 0.5) is 5.69 Å². The Hall–Kier alpha value is -1.39. The largest absolute Gasteiger partial charge is 0.384 e. The molecule has 2 atom stereocenters. The third kappa shape index (κ3) is 4.65. The Morgan fingerprint density at radius 3 is 2.74 bits per heavy atom. The van der Waals surface area contributed by atoms with Gasteiger partial charge in [-0.05, 0) is 24.0 Å². The lowest BCUT2D eigenvalue weighted by Crippen LogP contribution is -2.40. The monoisotopic (exact) mass is 264 g/mol. The summed E-state index contributed by atoms with van der Waals surface area (Å²) >= 11 is 0. The van der Waals surface area contributed by atoms with Crippen LogP contribution in [0.15, 0.2) is 24.3 Å². The van der Waals surface area contributed by atoms with Crippen LogP contribution in [0.1, 0.15) is 25.8 Å². The first-order valence-corrected chi connectivity index (χ1v) is 6.73. The quantitative estimate of drug-likeness (QED) is 0.793. The van der Waals surface area contributed by atoms with Crippen molar-refractivity contribution in [3.05, 3.63) is 29.8 Å². The molecular weight excluding hydrogens is 240 g/mol. The normalized spacial score (nSPS) is 13.9. The summed E-state index contributed by atoms with van der Waals surface area (Å²) in [5.41, 5.74) is 7.82. The molecule has 0 radical (unpaired) electrons. The lowest BCUT2D eigenvalue weighted by molar-refractivity contribution is -0.118. The molecule has 0 aliphatic heterocycles. The Morgan fingerprint density at radius 2 is 2.11 bits per heavy atom. The third-order valence-corrected chi connectivity index (χ3v) is 3.41. The first kappa shape index (κ1) is 15.7. The molecule has 19 heavy (non-hydrogen) atoms. The van der Waals surface area contributed by atoms with Gasteiger partial charge in [-0.25, -0.2) is 0 Å². The molecule has 3 N–H and O–H groups in total. The second-order valence-electron chi connectivity index (χ2n) is 4.80. The van der Waals surface area contributed by atoms with E-state index in [0.717, 1.165) is 24.1 Å². The number of amides is 1. The highest BCUT2D eigenvalue weighted by molar-refractivity contribution is 5.95. The topological polar surface area (TPSA) is 64.4 Å². The number of para-hydroxylation sites is 1. The molecule has 1 unspecified atom stereocenters. The molecule has 0 spiro atoms. The number of nitrogens with one attached hydrogen (secondary N) is 1. The molecule has 0 saturated carbocycles. The van der Waals surface area contributed by atoms with Crippen molar-refractivity contribution < 1.29 is 9.53 Å². The van der Waals surface area contributed by atoms with Gasteiger partial charge in [0, 0.05) is 12.8 Å². The van der Waals surface area contributed by atoms with Crippen molar-refractivity contribution in [3.8, 4) is 0 Å². The van der Waals surface area contributed by atoms with E-state index in [-0.39, 0.29) is 11.8 Å². The minimum Gasteiger partial charge on any atom is -0.384 e. The number of anilines is 1. The molecule has 4 heteroatoms. The maximum atomic E-state index is 12.1. The highest BCUT2D eigenvalue weighted by Gasteiger charge is 2.19. The molecular formula is C15H24N2O2. The molecule has 0 aromatic heterocycles. The maximum Gasteiger partial charge on any atom is 0.241 e. The number of benzene rings is 1. The van der Waals surface area contributed by atoms with Crippen molar-refractivity contribution >= 4 is 11.6 Å². The molecule has 0 fully saturated rings. The fourth-order valence-corrected chi connectivity index (χ4v) is 1.80. The van der Waals surface area contributed by atoms with Gasteiger partial charge >= 0.3 is 0 Å². The van der Waals surface area contributed by atoms with E-state index in [2.05, 4.69) is 5.32 Å². The van der Waals surface area contributed by atoms with Crippen LogP contribution < -0.4 is 11.1 Å². The van der Waals surface area contributed by atoms with Gasteiger partial charge in [0.15, 0.2) is 0 Å². The summed E-state index contributed by atoms with van der Waals surface area (Å²) in [5.74, 6) is 0.0466. The van der Waals surface area contributed by atoms with Crippen molar-refractivity contribution in [2.24, 2.45) is 11.7 Å². The van der Waals surface area contributed by atoms with E-state index < -0.39 is 6.04 Å². The van der Waals surface area contributed by atoms with E-state index in [4.69, 9.17) is 10.5 Å². The number of hydrogen-bond acceptors (Lipinski definition) is 3. The predicted octanol–water partition coefficient (Wildman–Crippen LogP) is 2.19. The zero-order valence-corrected chi connectivity index (χ0v) is 12.0. The van der Waals surface area contributed by atoms with Crippen molar-refractivity contribution in [1.29, 1.82) is 0 Å². The lowest BCUT2D eigenvalue weighted by Gasteiger charge is -2.19. The van der Waals surface area contributed by atoms with E-state index in [1.807, 2.05) is 38.1 Å². The standard InChI is InChI=1S/C15H24N2O2/c1-4-11(2)14(16)15(18)17-13-8-6-5-7-12(13)9-10-19-3/h5-8,11,14H,4,9-10,16H2,1-3H3,(H,17,18)/t11?,14-/m0/s1. The van der Waals surface area contributed by atoms with Crippen LogP contribution in [0.5, 0.6) is 0 Å². The fraction of sp³-hybridized carbons (Fsp3) is 0.533. The zero-order chi connectivity index (χ0) is 14.3. The van der Waals surface area contributed by atoms with E-state index in [9.17, 15) is 4.79 Å². The van der Waals surface area contributed by atoms with E-state index in [1.165, 1.54) is 0 Å². The molecule has 0 bridgehead atoms. The molecule has 1 aromatic rings. The molecule has 0 heterocycles. The number of rotatable bonds is 7. The number of nitrogens with two attached hydrogens (primary N) is 1. The van der Waals surface area contributed by atoms with Gasteiger partial charge in [-0.15, -0.1) is 0 Å². The van der Waals surface area contributed by atoms with Gasteiger partial charge in [-0.3, -0.25) is 4.79 Å². The van der Waals surface area contributed by atoms with Crippen LogP contribution in [0.2, 0.25) is 0 Å².